The van der Waals surface area contributed by atoms with Crippen LogP contribution in [0.4, 0.5) is 11.4 Å². The molecule has 4 rings (SSSR count). The maximum absolute atomic E-state index is 13.1. The summed E-state index contributed by atoms with van der Waals surface area (Å²) in [6.45, 7) is 4.00. The van der Waals surface area contributed by atoms with Gasteiger partial charge in [-0.1, -0.05) is 30.9 Å². The van der Waals surface area contributed by atoms with Crippen LogP contribution in [0.15, 0.2) is 83.9 Å². The standard InChI is InChI=1S/C25H22N4O4/c1-2-13-33-19-11-9-16(10-12-19)23-20(15-26)25(27)28(21-7-4-8-22(30)24(21)23)17-5-3-6-18(14-17)29(31)32/h2-3,5-6,9-12,14,23H,1,4,7-8,13,27H2/t23-/m0/s1. The molecule has 2 aromatic carbocycles. The summed E-state index contributed by atoms with van der Waals surface area (Å²) >= 11 is 0. The lowest BCUT2D eigenvalue weighted by Crippen LogP contribution is -2.38. The molecule has 2 aliphatic rings. The third-order valence-electron chi connectivity index (χ3n) is 5.79. The number of nitro groups is 1. The summed E-state index contributed by atoms with van der Waals surface area (Å²) in [6.07, 6.45) is 3.23. The molecule has 0 fully saturated rings. The van der Waals surface area contributed by atoms with E-state index in [1.54, 1.807) is 35.2 Å². The second-order valence-corrected chi connectivity index (χ2v) is 7.76. The Bertz CT molecular complexity index is 1240. The lowest BCUT2D eigenvalue weighted by atomic mass is 9.75. The number of carbonyl (C=O) groups excluding carboxylic acids is 1. The molecule has 2 N–H and O–H groups in total. The first-order valence-electron chi connectivity index (χ1n) is 10.5. The molecule has 2 aromatic rings. The summed E-state index contributed by atoms with van der Waals surface area (Å²) in [5, 5.41) is 21.4. The van der Waals surface area contributed by atoms with Crippen molar-refractivity contribution in [2.75, 3.05) is 11.5 Å². The van der Waals surface area contributed by atoms with Crippen molar-refractivity contribution in [3.63, 3.8) is 0 Å². The van der Waals surface area contributed by atoms with Crippen LogP contribution in [0.5, 0.6) is 5.75 Å². The molecule has 0 spiro atoms. The molecule has 1 heterocycles. The van der Waals surface area contributed by atoms with Crippen molar-refractivity contribution >= 4 is 17.2 Å². The van der Waals surface area contributed by atoms with E-state index in [4.69, 9.17) is 10.5 Å². The highest BCUT2D eigenvalue weighted by Crippen LogP contribution is 2.46. The van der Waals surface area contributed by atoms with Crippen molar-refractivity contribution in [1.82, 2.24) is 0 Å². The minimum absolute atomic E-state index is 0.0519. The first-order chi connectivity index (χ1) is 16.0. The number of ether oxygens (including phenoxy) is 1. The van der Waals surface area contributed by atoms with E-state index in [0.29, 0.717) is 48.6 Å². The summed E-state index contributed by atoms with van der Waals surface area (Å²) in [4.78, 5) is 25.6. The smallest absolute Gasteiger partial charge is 0.271 e. The molecule has 0 radical (unpaired) electrons. The van der Waals surface area contributed by atoms with Crippen molar-refractivity contribution in [3.05, 3.63) is 99.5 Å². The van der Waals surface area contributed by atoms with Gasteiger partial charge in [-0.05, 0) is 36.6 Å². The minimum Gasteiger partial charge on any atom is -0.490 e. The Balaban J connectivity index is 1.86. The van der Waals surface area contributed by atoms with E-state index in [0.717, 1.165) is 5.56 Å². The second-order valence-electron chi connectivity index (χ2n) is 7.76. The minimum atomic E-state index is -0.610. The number of hydrogen-bond acceptors (Lipinski definition) is 7. The molecular formula is C25H22N4O4. The number of rotatable bonds is 6. The van der Waals surface area contributed by atoms with Gasteiger partial charge in [-0.15, -0.1) is 0 Å². The predicted octanol–water partition coefficient (Wildman–Crippen LogP) is 4.46. The Morgan fingerprint density at radius 2 is 2.03 bits per heavy atom. The lowest BCUT2D eigenvalue weighted by molar-refractivity contribution is -0.384. The Hall–Kier alpha value is -4.38. The van der Waals surface area contributed by atoms with Crippen LogP contribution in [0.1, 0.15) is 30.7 Å². The van der Waals surface area contributed by atoms with Gasteiger partial charge in [-0.3, -0.25) is 19.8 Å². The van der Waals surface area contributed by atoms with Crippen molar-refractivity contribution in [1.29, 1.82) is 5.26 Å². The number of nitriles is 1. The van der Waals surface area contributed by atoms with Gasteiger partial charge >= 0.3 is 0 Å². The van der Waals surface area contributed by atoms with Gasteiger partial charge in [0.1, 0.15) is 18.2 Å². The van der Waals surface area contributed by atoms with Crippen molar-refractivity contribution in [3.8, 4) is 11.8 Å². The molecule has 0 saturated heterocycles. The van der Waals surface area contributed by atoms with Crippen molar-refractivity contribution in [2.24, 2.45) is 5.73 Å². The third kappa shape index (κ3) is 3.96. The van der Waals surface area contributed by atoms with Gasteiger partial charge in [0.05, 0.1) is 28.2 Å². The number of hydrogen-bond donors (Lipinski definition) is 1. The Kier molecular flexibility index (Phi) is 5.96. The number of nitrogens with zero attached hydrogens (tertiary/aromatic N) is 3. The summed E-state index contributed by atoms with van der Waals surface area (Å²) in [5.74, 6) is 0.154. The molecule has 8 heteroatoms. The zero-order valence-corrected chi connectivity index (χ0v) is 17.9. The highest BCUT2D eigenvalue weighted by Gasteiger charge is 2.40. The van der Waals surface area contributed by atoms with Crippen LogP contribution in [-0.4, -0.2) is 17.3 Å². The van der Waals surface area contributed by atoms with Crippen molar-refractivity contribution in [2.45, 2.75) is 25.2 Å². The molecule has 33 heavy (non-hydrogen) atoms. The highest BCUT2D eigenvalue weighted by atomic mass is 16.6. The fourth-order valence-corrected chi connectivity index (χ4v) is 4.37. The fraction of sp³-hybridized carbons (Fsp3) is 0.200. The average molecular weight is 442 g/mol. The normalized spacial score (nSPS) is 18.0. The number of anilines is 1. The van der Waals surface area contributed by atoms with Crippen molar-refractivity contribution < 1.29 is 14.5 Å². The molecule has 0 bridgehead atoms. The average Bonchev–Trinajstić information content (AvgIpc) is 2.82. The second kappa shape index (κ2) is 9.01. The first kappa shape index (κ1) is 21.8. The van der Waals surface area contributed by atoms with Gasteiger partial charge in [0.25, 0.3) is 5.69 Å². The molecule has 8 nitrogen and oxygen atoms in total. The van der Waals surface area contributed by atoms with Gasteiger partial charge < -0.3 is 10.5 Å². The number of Topliss-reactive ketones (excluding diaryl/α,β-unsaturated/α-hetero) is 1. The zero-order valence-electron chi connectivity index (χ0n) is 17.9. The summed E-state index contributed by atoms with van der Waals surface area (Å²) in [5.41, 5.74) is 9.03. The van der Waals surface area contributed by atoms with Crippen LogP contribution in [0.3, 0.4) is 0 Å². The van der Waals surface area contributed by atoms with Crippen LogP contribution < -0.4 is 15.4 Å². The van der Waals surface area contributed by atoms with Gasteiger partial charge in [-0.2, -0.15) is 5.26 Å². The Labute approximate surface area is 191 Å². The predicted molar refractivity (Wildman–Crippen MR) is 123 cm³/mol. The molecule has 1 aliphatic heterocycles. The van der Waals surface area contributed by atoms with E-state index in [-0.39, 0.29) is 22.9 Å². The number of benzene rings is 2. The molecule has 1 aliphatic carbocycles. The molecule has 0 aromatic heterocycles. The molecule has 0 saturated carbocycles. The highest BCUT2D eigenvalue weighted by molar-refractivity contribution is 6.01. The summed E-state index contributed by atoms with van der Waals surface area (Å²) in [7, 11) is 0. The van der Waals surface area contributed by atoms with E-state index in [1.165, 1.54) is 12.1 Å². The number of non-ortho nitro benzene ring substituents is 1. The van der Waals surface area contributed by atoms with Gasteiger partial charge in [0.2, 0.25) is 0 Å². The molecular weight excluding hydrogens is 420 g/mol. The van der Waals surface area contributed by atoms with E-state index in [2.05, 4.69) is 12.6 Å². The molecule has 0 unspecified atom stereocenters. The largest absolute Gasteiger partial charge is 0.490 e. The summed E-state index contributed by atoms with van der Waals surface area (Å²) < 4.78 is 5.54. The monoisotopic (exact) mass is 442 g/mol. The van der Waals surface area contributed by atoms with Crippen LogP contribution in [0, 0.1) is 21.4 Å². The number of nitrogens with two attached hydrogens (primary N) is 1. The quantitative estimate of drug-likeness (QED) is 0.398. The fourth-order valence-electron chi connectivity index (χ4n) is 4.37. The lowest BCUT2D eigenvalue weighted by Gasteiger charge is -2.39. The van der Waals surface area contributed by atoms with Gasteiger partial charge in [0.15, 0.2) is 5.78 Å². The Morgan fingerprint density at radius 3 is 2.70 bits per heavy atom. The molecule has 1 atom stereocenters. The first-order valence-corrected chi connectivity index (χ1v) is 10.5. The topological polar surface area (TPSA) is 122 Å². The van der Waals surface area contributed by atoms with E-state index in [1.807, 2.05) is 12.1 Å². The van der Waals surface area contributed by atoms with Crippen LogP contribution in [-0.2, 0) is 4.79 Å². The maximum Gasteiger partial charge on any atom is 0.271 e. The van der Waals surface area contributed by atoms with Crippen LogP contribution in [0.2, 0.25) is 0 Å². The number of ketones is 1. The van der Waals surface area contributed by atoms with Crippen LogP contribution >= 0.6 is 0 Å². The van der Waals surface area contributed by atoms with E-state index in [9.17, 15) is 20.2 Å². The maximum atomic E-state index is 13.1. The zero-order chi connectivity index (χ0) is 23.5. The van der Waals surface area contributed by atoms with E-state index >= 15 is 0 Å². The number of allylic oxidation sites excluding steroid dienone is 3. The van der Waals surface area contributed by atoms with Crippen LogP contribution in [0.25, 0.3) is 0 Å². The summed E-state index contributed by atoms with van der Waals surface area (Å²) in [6, 6.07) is 15.4. The van der Waals surface area contributed by atoms with Gasteiger partial charge in [-0.25, -0.2) is 0 Å². The Morgan fingerprint density at radius 1 is 1.27 bits per heavy atom. The van der Waals surface area contributed by atoms with E-state index < -0.39 is 10.8 Å². The van der Waals surface area contributed by atoms with Gasteiger partial charge in [0, 0.05) is 29.8 Å². The number of carbonyl (C=O) groups is 1. The number of nitro benzene ring substituents is 1. The third-order valence-corrected chi connectivity index (χ3v) is 5.79. The molecule has 0 amide bonds. The molecule has 166 valence electrons. The SMILES string of the molecule is C=CCOc1ccc([C@H]2C(C#N)=C(N)N(c3cccc([N+](=O)[O-])c3)C3=C2C(=O)CCC3)cc1.